The largest absolute Gasteiger partial charge is 0.507 e. The van der Waals surface area contributed by atoms with Gasteiger partial charge in [0.25, 0.3) is 0 Å². The van der Waals surface area contributed by atoms with Crippen molar-refractivity contribution in [3.63, 3.8) is 0 Å². The molecular formula is C14H21O4P. The van der Waals surface area contributed by atoms with Gasteiger partial charge in [-0.15, -0.1) is 0 Å². The van der Waals surface area contributed by atoms with E-state index >= 15 is 0 Å². The van der Waals surface area contributed by atoms with Gasteiger partial charge in [-0.25, -0.2) is 0 Å². The number of carbonyl (C=O) groups excluding carboxylic acids is 1. The molecule has 2 unspecified atom stereocenters. The van der Waals surface area contributed by atoms with Gasteiger partial charge in [-0.3, -0.25) is 4.79 Å². The normalized spacial score (nSPS) is 14.9. The number of benzene rings is 1. The molecule has 1 rings (SSSR count). The molecule has 0 fully saturated rings. The molecule has 2 N–H and O–H groups in total. The van der Waals surface area contributed by atoms with E-state index in [1.54, 1.807) is 0 Å². The van der Waals surface area contributed by atoms with E-state index in [-0.39, 0.29) is 34.6 Å². The maximum Gasteiger partial charge on any atom is 0.225 e. The van der Waals surface area contributed by atoms with Crippen molar-refractivity contribution in [1.82, 2.24) is 0 Å². The predicted octanol–water partition coefficient (Wildman–Crippen LogP) is 3.48. The van der Waals surface area contributed by atoms with E-state index < -0.39 is 13.3 Å². The number of phenolic OH excluding ortho intramolecular Hbond substituents is 2. The molecule has 1 aromatic carbocycles. The lowest BCUT2D eigenvalue weighted by Gasteiger charge is -2.26. The number of aromatic hydroxyl groups is 2. The Morgan fingerprint density at radius 2 is 1.74 bits per heavy atom. The lowest BCUT2D eigenvalue weighted by Crippen LogP contribution is -2.20. The maximum absolute atomic E-state index is 12.1. The molecule has 0 saturated heterocycles. The first-order valence-corrected chi connectivity index (χ1v) is 7.84. The van der Waals surface area contributed by atoms with E-state index in [9.17, 15) is 19.6 Å². The number of carbonyl (C=O) groups is 1. The highest BCUT2D eigenvalue weighted by Crippen LogP contribution is 2.40. The molecule has 0 bridgehead atoms. The van der Waals surface area contributed by atoms with Crippen molar-refractivity contribution in [2.75, 3.05) is 6.16 Å². The van der Waals surface area contributed by atoms with E-state index in [0.717, 1.165) is 0 Å². The molecule has 0 aliphatic heterocycles. The Kier molecular flexibility index (Phi) is 4.81. The van der Waals surface area contributed by atoms with Crippen LogP contribution in [0.3, 0.4) is 0 Å². The fourth-order valence-corrected chi connectivity index (χ4v) is 3.47. The van der Waals surface area contributed by atoms with Gasteiger partial charge in [0.15, 0.2) is 0 Å². The quantitative estimate of drug-likeness (QED) is 0.830. The van der Waals surface area contributed by atoms with Gasteiger partial charge < -0.3 is 14.8 Å². The fourth-order valence-electron chi connectivity index (χ4n) is 1.58. The number of hydrogen-bond acceptors (Lipinski definition) is 4. The second-order valence-corrected chi connectivity index (χ2v) is 7.60. The van der Waals surface area contributed by atoms with Crippen LogP contribution in [0, 0.1) is 11.3 Å². The Morgan fingerprint density at radius 1 is 1.26 bits per heavy atom. The molecule has 0 aliphatic rings. The molecule has 19 heavy (non-hydrogen) atoms. The Labute approximate surface area is 114 Å². The molecule has 0 aromatic heterocycles. The van der Waals surface area contributed by atoms with Crippen molar-refractivity contribution in [2.24, 2.45) is 11.3 Å². The van der Waals surface area contributed by atoms with E-state index in [4.69, 9.17) is 0 Å². The summed E-state index contributed by atoms with van der Waals surface area (Å²) < 4.78 is 12.1. The first kappa shape index (κ1) is 15.8. The molecular weight excluding hydrogens is 263 g/mol. The summed E-state index contributed by atoms with van der Waals surface area (Å²) in [6.07, 6.45) is 0.279. The summed E-state index contributed by atoms with van der Waals surface area (Å²) in [5.74, 6) is -0.547. The second-order valence-electron chi connectivity index (χ2n) is 5.89. The van der Waals surface area contributed by atoms with Gasteiger partial charge in [0, 0.05) is 6.16 Å². The molecule has 0 radical (unpaired) electrons. The van der Waals surface area contributed by atoms with Crippen LogP contribution in [-0.4, -0.2) is 21.9 Å². The number of hydrogen-bond donors (Lipinski definition) is 2. The van der Waals surface area contributed by atoms with E-state index in [1.807, 2.05) is 27.7 Å². The average Bonchev–Trinajstić information content (AvgIpc) is 2.27. The molecule has 2 atom stereocenters. The van der Waals surface area contributed by atoms with Gasteiger partial charge in [0.2, 0.25) is 5.52 Å². The molecule has 1 aromatic rings. The van der Waals surface area contributed by atoms with Crippen molar-refractivity contribution in [3.8, 4) is 11.5 Å². The fraction of sp³-hybridized carbons (Fsp3) is 0.500. The van der Waals surface area contributed by atoms with Gasteiger partial charge in [0.05, 0.1) is 0 Å². The van der Waals surface area contributed by atoms with Crippen LogP contribution < -0.4 is 0 Å². The zero-order chi connectivity index (χ0) is 14.8. The molecule has 0 spiro atoms. The maximum atomic E-state index is 12.1. The van der Waals surface area contributed by atoms with Gasteiger partial charge in [-0.1, -0.05) is 33.8 Å². The first-order chi connectivity index (χ1) is 8.64. The van der Waals surface area contributed by atoms with Crippen LogP contribution in [-0.2, 0) is 4.57 Å². The molecule has 0 saturated carbocycles. The van der Waals surface area contributed by atoms with Crippen molar-refractivity contribution in [3.05, 3.63) is 23.8 Å². The average molecular weight is 284 g/mol. The van der Waals surface area contributed by atoms with Crippen LogP contribution in [0.1, 0.15) is 38.1 Å². The smallest absolute Gasteiger partial charge is 0.225 e. The zero-order valence-electron chi connectivity index (χ0n) is 11.7. The highest BCUT2D eigenvalue weighted by atomic mass is 31.1. The van der Waals surface area contributed by atoms with Gasteiger partial charge in [0.1, 0.15) is 24.9 Å². The molecule has 5 heteroatoms. The van der Waals surface area contributed by atoms with Crippen LogP contribution in [0.5, 0.6) is 11.5 Å². The minimum atomic E-state index is -2.55. The van der Waals surface area contributed by atoms with Gasteiger partial charge in [-0.2, -0.15) is 0 Å². The Hall–Kier alpha value is -1.28. The first-order valence-electron chi connectivity index (χ1n) is 6.23. The Bertz CT molecular complexity index is 482. The SMILES string of the molecule is CC(C[PH](=O)C(=O)c1c(O)cccc1O)C(C)(C)C. The monoisotopic (exact) mass is 284 g/mol. The Balaban J connectivity index is 2.93. The molecule has 0 aliphatic carbocycles. The lowest BCUT2D eigenvalue weighted by molar-refractivity contribution is 0.107. The topological polar surface area (TPSA) is 74.6 Å². The van der Waals surface area contributed by atoms with Gasteiger partial charge >= 0.3 is 0 Å². The van der Waals surface area contributed by atoms with E-state index in [2.05, 4.69) is 0 Å². The van der Waals surface area contributed by atoms with Crippen molar-refractivity contribution < 1.29 is 19.6 Å². The lowest BCUT2D eigenvalue weighted by atomic mass is 9.83. The minimum Gasteiger partial charge on any atom is -0.507 e. The summed E-state index contributed by atoms with van der Waals surface area (Å²) in [6.45, 7) is 8.01. The zero-order valence-corrected chi connectivity index (χ0v) is 12.7. The minimum absolute atomic E-state index is 0.0403. The van der Waals surface area contributed by atoms with E-state index in [1.165, 1.54) is 18.2 Å². The standard InChI is InChI=1S/C14H21O4P/c1-9(14(2,3)4)8-19(18)13(17)12-10(15)6-5-7-11(12)16/h5-7,9,15-16,19H,8H2,1-4H3. The summed E-state index contributed by atoms with van der Waals surface area (Å²) in [6, 6.07) is 4.03. The summed E-state index contributed by atoms with van der Waals surface area (Å²) >= 11 is 0. The van der Waals surface area contributed by atoms with Crippen molar-refractivity contribution >= 4 is 13.3 Å². The molecule has 106 valence electrons. The highest BCUT2D eigenvalue weighted by molar-refractivity contribution is 7.64. The molecule has 4 nitrogen and oxygen atoms in total. The van der Waals surface area contributed by atoms with Crippen LogP contribution in [0.4, 0.5) is 0 Å². The summed E-state index contributed by atoms with van der Waals surface area (Å²) in [7, 11) is -2.55. The van der Waals surface area contributed by atoms with Crippen LogP contribution in [0.25, 0.3) is 0 Å². The third-order valence-electron chi connectivity index (χ3n) is 3.47. The van der Waals surface area contributed by atoms with Crippen molar-refractivity contribution in [2.45, 2.75) is 27.7 Å². The number of rotatable bonds is 4. The predicted molar refractivity (Wildman–Crippen MR) is 76.6 cm³/mol. The number of phenols is 2. The summed E-state index contributed by atoms with van der Waals surface area (Å²) in [4.78, 5) is 12.1. The highest BCUT2D eigenvalue weighted by Gasteiger charge is 2.27. The second kappa shape index (κ2) is 5.79. The third kappa shape index (κ3) is 3.84. The van der Waals surface area contributed by atoms with Crippen LogP contribution in [0.15, 0.2) is 18.2 Å². The summed E-state index contributed by atoms with van der Waals surface area (Å²) in [5, 5.41) is 19.2. The van der Waals surface area contributed by atoms with Gasteiger partial charge in [-0.05, 0) is 23.5 Å². The van der Waals surface area contributed by atoms with E-state index in [0.29, 0.717) is 0 Å². The summed E-state index contributed by atoms with van der Waals surface area (Å²) in [5.41, 5.74) is -0.925. The van der Waals surface area contributed by atoms with Crippen LogP contribution >= 0.6 is 7.80 Å². The third-order valence-corrected chi connectivity index (χ3v) is 5.21. The van der Waals surface area contributed by atoms with Crippen LogP contribution in [0.2, 0.25) is 0 Å². The molecule has 0 amide bonds. The Morgan fingerprint density at radius 3 is 2.16 bits per heavy atom. The van der Waals surface area contributed by atoms with Crippen molar-refractivity contribution in [1.29, 1.82) is 0 Å². The molecule has 0 heterocycles.